The number of guanidine groups is 1. The van der Waals surface area contributed by atoms with Crippen LogP contribution in [0.1, 0.15) is 24.0 Å². The van der Waals surface area contributed by atoms with Gasteiger partial charge in [0, 0.05) is 32.4 Å². The van der Waals surface area contributed by atoms with Crippen molar-refractivity contribution in [3.63, 3.8) is 0 Å². The SMILES string of the molecule is CN=C(NCc1ccc(OC)cc1)NCc1ccnc(OCC2CC2)c1.I. The van der Waals surface area contributed by atoms with E-state index >= 15 is 0 Å². The summed E-state index contributed by atoms with van der Waals surface area (Å²) in [5.74, 6) is 3.02. The van der Waals surface area contributed by atoms with Crippen molar-refractivity contribution in [2.24, 2.45) is 10.9 Å². The Balaban J connectivity index is 0.00000261. The molecule has 0 unspecified atom stereocenters. The molecule has 1 aliphatic carbocycles. The predicted molar refractivity (Wildman–Crippen MR) is 118 cm³/mol. The molecule has 1 aromatic carbocycles. The van der Waals surface area contributed by atoms with E-state index in [0.717, 1.165) is 35.4 Å². The van der Waals surface area contributed by atoms with Gasteiger partial charge in [-0.1, -0.05) is 12.1 Å². The van der Waals surface area contributed by atoms with E-state index in [9.17, 15) is 0 Å². The van der Waals surface area contributed by atoms with Crippen molar-refractivity contribution in [2.75, 3.05) is 20.8 Å². The summed E-state index contributed by atoms with van der Waals surface area (Å²) in [4.78, 5) is 8.54. The minimum absolute atomic E-state index is 0. The first-order valence-corrected chi connectivity index (χ1v) is 8.92. The zero-order chi connectivity index (χ0) is 18.2. The van der Waals surface area contributed by atoms with Crippen LogP contribution in [0.3, 0.4) is 0 Å². The maximum absolute atomic E-state index is 5.73. The average Bonchev–Trinajstić information content (AvgIpc) is 3.52. The minimum Gasteiger partial charge on any atom is -0.497 e. The van der Waals surface area contributed by atoms with Crippen LogP contribution < -0.4 is 20.1 Å². The van der Waals surface area contributed by atoms with Gasteiger partial charge in [-0.05, 0) is 48.1 Å². The predicted octanol–water partition coefficient (Wildman–Crippen LogP) is 3.36. The van der Waals surface area contributed by atoms with E-state index in [0.29, 0.717) is 19.0 Å². The molecule has 6 nitrogen and oxygen atoms in total. The topological polar surface area (TPSA) is 67.8 Å². The zero-order valence-electron chi connectivity index (χ0n) is 15.8. The first kappa shape index (κ1) is 21.3. The third-order valence-corrected chi connectivity index (χ3v) is 4.27. The van der Waals surface area contributed by atoms with Crippen LogP contribution in [0, 0.1) is 5.92 Å². The summed E-state index contributed by atoms with van der Waals surface area (Å²) in [5.41, 5.74) is 2.27. The number of benzene rings is 1. The van der Waals surface area contributed by atoms with Gasteiger partial charge in [-0.2, -0.15) is 0 Å². The molecule has 1 heterocycles. The third-order valence-electron chi connectivity index (χ3n) is 4.27. The van der Waals surface area contributed by atoms with Crippen LogP contribution in [0.2, 0.25) is 0 Å². The van der Waals surface area contributed by atoms with Gasteiger partial charge in [0.2, 0.25) is 5.88 Å². The van der Waals surface area contributed by atoms with Crippen LogP contribution in [-0.2, 0) is 13.1 Å². The fourth-order valence-corrected chi connectivity index (χ4v) is 2.46. The van der Waals surface area contributed by atoms with Crippen molar-refractivity contribution in [3.8, 4) is 11.6 Å². The zero-order valence-corrected chi connectivity index (χ0v) is 18.1. The largest absolute Gasteiger partial charge is 0.497 e. The molecule has 0 spiro atoms. The number of pyridine rings is 1. The normalized spacial score (nSPS) is 13.5. The Morgan fingerprint density at radius 2 is 1.81 bits per heavy atom. The van der Waals surface area contributed by atoms with Gasteiger partial charge in [0.15, 0.2) is 5.96 Å². The van der Waals surface area contributed by atoms with E-state index in [1.807, 2.05) is 36.4 Å². The van der Waals surface area contributed by atoms with E-state index in [2.05, 4.69) is 20.6 Å². The number of halogens is 1. The molecule has 2 N–H and O–H groups in total. The molecule has 0 aliphatic heterocycles. The molecule has 1 fully saturated rings. The van der Waals surface area contributed by atoms with Crippen molar-refractivity contribution in [3.05, 3.63) is 53.7 Å². The molecule has 0 atom stereocenters. The second-order valence-corrected chi connectivity index (χ2v) is 6.38. The fourth-order valence-electron chi connectivity index (χ4n) is 2.46. The Morgan fingerprint density at radius 3 is 2.44 bits per heavy atom. The second kappa shape index (κ2) is 11.0. The number of hydrogen-bond donors (Lipinski definition) is 2. The van der Waals surface area contributed by atoms with Crippen molar-refractivity contribution >= 4 is 29.9 Å². The average molecular weight is 482 g/mol. The van der Waals surface area contributed by atoms with Gasteiger partial charge in [-0.25, -0.2) is 4.98 Å². The molecule has 3 rings (SSSR count). The number of rotatable bonds is 8. The van der Waals surface area contributed by atoms with E-state index in [4.69, 9.17) is 9.47 Å². The Labute approximate surface area is 177 Å². The van der Waals surface area contributed by atoms with Crippen LogP contribution in [0.5, 0.6) is 11.6 Å². The summed E-state index contributed by atoms with van der Waals surface area (Å²) in [6, 6.07) is 11.9. The molecule has 0 amide bonds. The van der Waals surface area contributed by atoms with Crippen molar-refractivity contribution in [1.82, 2.24) is 15.6 Å². The van der Waals surface area contributed by atoms with Gasteiger partial charge in [0.25, 0.3) is 0 Å². The molecule has 2 aromatic rings. The van der Waals surface area contributed by atoms with Crippen molar-refractivity contribution < 1.29 is 9.47 Å². The van der Waals surface area contributed by atoms with E-state index in [-0.39, 0.29) is 24.0 Å². The quantitative estimate of drug-likeness (QED) is 0.343. The minimum atomic E-state index is 0. The number of aliphatic imine (C=N–C) groups is 1. The summed E-state index contributed by atoms with van der Waals surface area (Å²) in [7, 11) is 3.43. The Morgan fingerprint density at radius 1 is 1.11 bits per heavy atom. The molecular formula is C20H27IN4O2. The summed E-state index contributed by atoms with van der Waals surface area (Å²) in [6.07, 6.45) is 4.33. The Kier molecular flexibility index (Phi) is 8.63. The fraction of sp³-hybridized carbons (Fsp3) is 0.400. The van der Waals surface area contributed by atoms with Crippen molar-refractivity contribution in [1.29, 1.82) is 0 Å². The van der Waals surface area contributed by atoms with Crippen LogP contribution in [0.15, 0.2) is 47.6 Å². The molecule has 7 heteroatoms. The number of methoxy groups -OCH3 is 1. The first-order valence-electron chi connectivity index (χ1n) is 8.92. The summed E-state index contributed by atoms with van der Waals surface area (Å²) in [6.45, 7) is 2.12. The lowest BCUT2D eigenvalue weighted by Crippen LogP contribution is -2.36. The molecule has 27 heavy (non-hydrogen) atoms. The molecule has 1 aliphatic rings. The van der Waals surface area contributed by atoms with Crippen LogP contribution >= 0.6 is 24.0 Å². The van der Waals surface area contributed by atoms with E-state index in [1.165, 1.54) is 12.8 Å². The first-order chi connectivity index (χ1) is 12.8. The smallest absolute Gasteiger partial charge is 0.213 e. The number of aromatic nitrogens is 1. The molecule has 1 saturated carbocycles. The summed E-state index contributed by atoms with van der Waals surface area (Å²) >= 11 is 0. The van der Waals surface area contributed by atoms with Gasteiger partial charge in [-0.15, -0.1) is 24.0 Å². The van der Waals surface area contributed by atoms with E-state index < -0.39 is 0 Å². The Bertz CT molecular complexity index is 733. The number of nitrogens with zero attached hydrogens (tertiary/aromatic N) is 2. The highest BCUT2D eigenvalue weighted by Crippen LogP contribution is 2.29. The molecule has 1 aromatic heterocycles. The lowest BCUT2D eigenvalue weighted by molar-refractivity contribution is 0.288. The molecule has 0 radical (unpaired) electrons. The van der Waals surface area contributed by atoms with Gasteiger partial charge < -0.3 is 20.1 Å². The van der Waals surface area contributed by atoms with Crippen LogP contribution in [-0.4, -0.2) is 31.7 Å². The summed E-state index contributed by atoms with van der Waals surface area (Å²) < 4.78 is 10.9. The third kappa shape index (κ3) is 7.24. The lowest BCUT2D eigenvalue weighted by atomic mass is 10.2. The van der Waals surface area contributed by atoms with E-state index in [1.54, 1.807) is 20.4 Å². The number of hydrogen-bond acceptors (Lipinski definition) is 4. The molecule has 0 bridgehead atoms. The molecular weight excluding hydrogens is 455 g/mol. The van der Waals surface area contributed by atoms with Gasteiger partial charge in [-0.3, -0.25) is 4.99 Å². The maximum atomic E-state index is 5.73. The monoisotopic (exact) mass is 482 g/mol. The highest BCUT2D eigenvalue weighted by atomic mass is 127. The Hall–Kier alpha value is -2.03. The highest BCUT2D eigenvalue weighted by molar-refractivity contribution is 14.0. The molecule has 146 valence electrons. The second-order valence-electron chi connectivity index (χ2n) is 6.38. The lowest BCUT2D eigenvalue weighted by Gasteiger charge is -2.13. The highest BCUT2D eigenvalue weighted by Gasteiger charge is 2.22. The molecule has 0 saturated heterocycles. The van der Waals surface area contributed by atoms with Crippen LogP contribution in [0.4, 0.5) is 0 Å². The maximum Gasteiger partial charge on any atom is 0.213 e. The van der Waals surface area contributed by atoms with Crippen molar-refractivity contribution in [2.45, 2.75) is 25.9 Å². The van der Waals surface area contributed by atoms with Gasteiger partial charge >= 0.3 is 0 Å². The standard InChI is InChI=1S/C20H26N4O2.HI/c1-21-20(23-12-15-5-7-18(25-2)8-6-15)24-13-17-9-10-22-19(11-17)26-14-16-3-4-16;/h5-11,16H,3-4,12-14H2,1-2H3,(H2,21,23,24);1H. The number of nitrogens with one attached hydrogen (secondary N) is 2. The number of ether oxygens (including phenoxy) is 2. The van der Waals surface area contributed by atoms with Crippen LogP contribution in [0.25, 0.3) is 0 Å². The van der Waals surface area contributed by atoms with Gasteiger partial charge in [0.1, 0.15) is 5.75 Å². The van der Waals surface area contributed by atoms with Gasteiger partial charge in [0.05, 0.1) is 13.7 Å². The summed E-state index contributed by atoms with van der Waals surface area (Å²) in [5, 5.41) is 6.62.